The Hall–Kier alpha value is -12.2. The second-order valence-corrected chi connectivity index (χ2v) is 27.3. The summed E-state index contributed by atoms with van der Waals surface area (Å²) >= 11 is 3.61. The fourth-order valence-corrected chi connectivity index (χ4v) is 15.6. The average molecular weight is 1450 g/mol. The van der Waals surface area contributed by atoms with E-state index >= 15 is 0 Å². The normalized spacial score (nSPS) is 11.3. The molecule has 16 aromatic carbocycles. The van der Waals surface area contributed by atoms with Crippen LogP contribution in [-0.4, -0.2) is 35.4 Å². The molecule has 0 saturated carbocycles. The van der Waals surface area contributed by atoms with E-state index in [1.807, 2.05) is 48.5 Å². The van der Waals surface area contributed by atoms with Crippen molar-refractivity contribution in [2.24, 2.45) is 0 Å². The summed E-state index contributed by atoms with van der Waals surface area (Å²) in [5.74, 6) is 0. The maximum absolute atomic E-state index is 9.57. The zero-order valence-electron chi connectivity index (χ0n) is 57.0. The molecular formula is C96H66BBrN4O2V. The maximum atomic E-state index is 9.57. The first-order chi connectivity index (χ1) is 51.3. The summed E-state index contributed by atoms with van der Waals surface area (Å²) in [6, 6.07) is 137. The monoisotopic (exact) mass is 1450 g/mol. The Morgan fingerprint density at radius 3 is 0.705 bits per heavy atom. The molecule has 4 heterocycles. The van der Waals surface area contributed by atoms with Crippen LogP contribution >= 0.6 is 15.9 Å². The van der Waals surface area contributed by atoms with Crippen LogP contribution in [0.3, 0.4) is 0 Å². The average Bonchev–Trinajstić information content (AvgIpc) is 1.61. The Bertz CT molecular complexity index is 6340. The molecule has 0 aliphatic carbocycles. The minimum absolute atomic E-state index is 0. The molecule has 1 radical (unpaired) electrons. The van der Waals surface area contributed by atoms with Crippen molar-refractivity contribution in [1.82, 2.24) is 18.3 Å². The molecule has 20 rings (SSSR count). The van der Waals surface area contributed by atoms with E-state index in [9.17, 15) is 10.0 Å². The van der Waals surface area contributed by atoms with Crippen LogP contribution in [0.15, 0.2) is 393 Å². The molecule has 0 spiro atoms. The quantitative estimate of drug-likeness (QED) is 0.134. The van der Waals surface area contributed by atoms with E-state index < -0.39 is 7.12 Å². The van der Waals surface area contributed by atoms with Crippen molar-refractivity contribution in [1.29, 1.82) is 0 Å². The van der Waals surface area contributed by atoms with Crippen molar-refractivity contribution in [2.45, 2.75) is 0 Å². The van der Waals surface area contributed by atoms with E-state index in [0.29, 0.717) is 5.46 Å². The molecule has 0 saturated heterocycles. The predicted molar refractivity (Wildman–Crippen MR) is 441 cm³/mol. The van der Waals surface area contributed by atoms with Gasteiger partial charge in [0.2, 0.25) is 0 Å². The first-order valence-corrected chi connectivity index (χ1v) is 35.9. The van der Waals surface area contributed by atoms with Crippen LogP contribution in [0.1, 0.15) is 0 Å². The summed E-state index contributed by atoms with van der Waals surface area (Å²) in [5.41, 5.74) is 26.7. The minimum atomic E-state index is -1.48. The molecule has 0 amide bonds. The van der Waals surface area contributed by atoms with Crippen molar-refractivity contribution in [3.8, 4) is 78.4 Å². The fourth-order valence-electron chi connectivity index (χ4n) is 15.2. The molecule has 4 aromatic heterocycles. The standard InChI is InChI=1S/C48H32N2.C24H18BNO2.C24H16BrN.V/c1-3-11-33(12-4-1)35-19-25-39(26-20-35)49-45-17-9-7-15-41(45)43-31-37(23-29-47(43)49)38-24-30-48-44(32-38)42-16-8-10-18-46(42)50(48)40-27-21-36(22-28-40)34-13-5-2-6-14-34;27-25(28)19-12-15-24-22(16-19)21-8-4-5-9-23(21)26(24)20-13-10-18(11-14-20)17-6-2-1-3-7-17;25-19-12-15-24-22(16-19)21-8-4-5-9-23(21)26(24)20-13-10-18(11-14-20)17-6-2-1-3-7-17;/h1-32H;1-16,27-28H;1-16H;. The molecule has 0 fully saturated rings. The van der Waals surface area contributed by atoms with Crippen LogP contribution < -0.4 is 5.46 Å². The van der Waals surface area contributed by atoms with Gasteiger partial charge in [0.05, 0.1) is 44.1 Å². The smallest absolute Gasteiger partial charge is 0.423 e. The summed E-state index contributed by atoms with van der Waals surface area (Å²) in [5, 5.41) is 28.8. The van der Waals surface area contributed by atoms with E-state index in [4.69, 9.17) is 0 Å². The van der Waals surface area contributed by atoms with Crippen LogP contribution in [0.5, 0.6) is 0 Å². The van der Waals surface area contributed by atoms with Gasteiger partial charge in [-0.2, -0.15) is 0 Å². The van der Waals surface area contributed by atoms with Gasteiger partial charge in [0.1, 0.15) is 0 Å². The molecule has 497 valence electrons. The van der Waals surface area contributed by atoms with Crippen LogP contribution in [0.4, 0.5) is 0 Å². The molecular weight excluding hydrogens is 1380 g/mol. The zero-order chi connectivity index (χ0) is 69.6. The van der Waals surface area contributed by atoms with Gasteiger partial charge >= 0.3 is 7.12 Å². The van der Waals surface area contributed by atoms with Crippen LogP contribution in [0.25, 0.3) is 166 Å². The molecule has 0 unspecified atom stereocenters. The number of benzene rings is 16. The molecule has 0 aliphatic rings. The van der Waals surface area contributed by atoms with Crippen molar-refractivity contribution in [3.63, 3.8) is 0 Å². The van der Waals surface area contributed by atoms with Gasteiger partial charge in [-0.25, -0.2) is 0 Å². The summed E-state index contributed by atoms with van der Waals surface area (Å²) < 4.78 is 10.4. The Morgan fingerprint density at radius 1 is 0.190 bits per heavy atom. The Kier molecular flexibility index (Phi) is 17.9. The molecule has 6 nitrogen and oxygen atoms in total. The summed E-state index contributed by atoms with van der Waals surface area (Å²) in [4.78, 5) is 0. The van der Waals surface area contributed by atoms with Crippen molar-refractivity contribution < 1.29 is 28.6 Å². The van der Waals surface area contributed by atoms with E-state index in [-0.39, 0.29) is 18.6 Å². The molecule has 0 atom stereocenters. The summed E-state index contributed by atoms with van der Waals surface area (Å²) in [7, 11) is -1.48. The second kappa shape index (κ2) is 28.5. The van der Waals surface area contributed by atoms with Crippen molar-refractivity contribution >= 4 is 116 Å². The molecule has 0 aliphatic heterocycles. The predicted octanol–water partition coefficient (Wildman–Crippen LogP) is 24.2. The van der Waals surface area contributed by atoms with Crippen LogP contribution in [0.2, 0.25) is 0 Å². The number of halogens is 1. The van der Waals surface area contributed by atoms with Gasteiger partial charge in [-0.15, -0.1) is 0 Å². The third kappa shape index (κ3) is 12.4. The number of hydrogen-bond acceptors (Lipinski definition) is 2. The third-order valence-electron chi connectivity index (χ3n) is 20.2. The molecule has 20 aromatic rings. The summed E-state index contributed by atoms with van der Waals surface area (Å²) in [6.07, 6.45) is 0. The number of rotatable bonds is 10. The van der Waals surface area contributed by atoms with Gasteiger partial charge in [0, 0.05) is 88.9 Å². The Labute approximate surface area is 629 Å². The van der Waals surface area contributed by atoms with E-state index in [1.54, 1.807) is 6.07 Å². The SMILES string of the molecule is Brc1ccc2c(c1)c1ccccc1n2-c1ccc(-c2ccccc2)cc1.OB(O)c1ccc2c(c1)c1ccccc1n2-c1ccc(-c2ccccc2)cc1.[V].c1ccc(-c2ccc(-n3c4ccccc4c4cc(-c5ccc6c(c5)c5ccccc5n6-c5ccc(-c6ccccc6)cc5)ccc43)cc2)cc1. The molecule has 105 heavy (non-hydrogen) atoms. The largest absolute Gasteiger partial charge is 0.488 e. The van der Waals surface area contributed by atoms with E-state index in [1.165, 1.54) is 127 Å². The van der Waals surface area contributed by atoms with Crippen molar-refractivity contribution in [3.05, 3.63) is 393 Å². The first-order valence-electron chi connectivity index (χ1n) is 35.1. The van der Waals surface area contributed by atoms with E-state index in [0.717, 1.165) is 43.3 Å². The maximum Gasteiger partial charge on any atom is 0.488 e. The van der Waals surface area contributed by atoms with Crippen molar-refractivity contribution in [2.75, 3.05) is 0 Å². The minimum Gasteiger partial charge on any atom is -0.423 e. The number of fused-ring (bicyclic) bond motifs is 12. The number of nitrogens with zero attached hydrogens (tertiary/aromatic N) is 4. The second-order valence-electron chi connectivity index (χ2n) is 26.3. The van der Waals surface area contributed by atoms with Gasteiger partial charge in [-0.05, 0) is 182 Å². The Balaban J connectivity index is 0.000000126. The van der Waals surface area contributed by atoms with Crippen LogP contribution in [0, 0.1) is 0 Å². The summed E-state index contributed by atoms with van der Waals surface area (Å²) in [6.45, 7) is 0. The zero-order valence-corrected chi connectivity index (χ0v) is 60.0. The van der Waals surface area contributed by atoms with E-state index in [2.05, 4.69) is 368 Å². The molecule has 2 N–H and O–H groups in total. The molecule has 0 bridgehead atoms. The number of aromatic nitrogens is 4. The van der Waals surface area contributed by atoms with Gasteiger partial charge in [-0.3, -0.25) is 0 Å². The Morgan fingerprint density at radius 2 is 0.410 bits per heavy atom. The van der Waals surface area contributed by atoms with Gasteiger partial charge in [0.25, 0.3) is 0 Å². The number of para-hydroxylation sites is 4. The first kappa shape index (κ1) is 66.0. The topological polar surface area (TPSA) is 60.2 Å². The third-order valence-corrected chi connectivity index (χ3v) is 20.7. The van der Waals surface area contributed by atoms with Gasteiger partial charge in [0.15, 0.2) is 0 Å². The van der Waals surface area contributed by atoms with Gasteiger partial charge < -0.3 is 28.3 Å². The number of hydrogen-bond donors (Lipinski definition) is 2. The van der Waals surface area contributed by atoms with Gasteiger partial charge in [-0.1, -0.05) is 283 Å². The molecule has 9 heteroatoms. The van der Waals surface area contributed by atoms with Crippen LogP contribution in [-0.2, 0) is 18.6 Å². The fraction of sp³-hybridized carbons (Fsp3) is 0.